The minimum absolute atomic E-state index is 0.308. The van der Waals surface area contributed by atoms with Gasteiger partial charge in [0.15, 0.2) is 0 Å². The van der Waals surface area contributed by atoms with Crippen molar-refractivity contribution >= 4 is 35.0 Å². The second kappa shape index (κ2) is 7.33. The largest absolute Gasteiger partial charge is 0.462 e. The number of hydrogen-bond acceptors (Lipinski definition) is 5. The summed E-state index contributed by atoms with van der Waals surface area (Å²) in [5.74, 6) is 0.195. The lowest BCUT2D eigenvalue weighted by molar-refractivity contribution is 0.0527. The molecule has 0 atom stereocenters. The maximum absolute atomic E-state index is 11.8. The predicted molar refractivity (Wildman–Crippen MR) is 85.6 cm³/mol. The van der Waals surface area contributed by atoms with Gasteiger partial charge in [0.1, 0.15) is 5.03 Å². The quantitative estimate of drug-likeness (QED) is 0.670. The summed E-state index contributed by atoms with van der Waals surface area (Å²) in [6, 6.07) is 9.15. The van der Waals surface area contributed by atoms with E-state index >= 15 is 0 Å². The third-order valence-electron chi connectivity index (χ3n) is 2.77. The summed E-state index contributed by atoms with van der Waals surface area (Å²) in [6.45, 7) is 2.06. The van der Waals surface area contributed by atoms with Gasteiger partial charge in [-0.1, -0.05) is 41.6 Å². The van der Waals surface area contributed by atoms with E-state index < -0.39 is 5.97 Å². The Balaban J connectivity index is 2.16. The van der Waals surface area contributed by atoms with Crippen molar-refractivity contribution in [3.05, 3.63) is 52.7 Å². The first kappa shape index (κ1) is 15.7. The summed E-state index contributed by atoms with van der Waals surface area (Å²) >= 11 is 7.55. The fourth-order valence-corrected chi connectivity index (χ4v) is 2.94. The van der Waals surface area contributed by atoms with Gasteiger partial charge in [0, 0.05) is 17.0 Å². The predicted octanol–water partition coefficient (Wildman–Crippen LogP) is 3.79. The highest BCUT2D eigenvalue weighted by Gasteiger charge is 2.15. The van der Waals surface area contributed by atoms with Crippen LogP contribution in [0.3, 0.4) is 0 Å². The standard InChI is InChI=1S/C15H15ClN2O2S/c1-2-20-15(19)11-7-8-18-14(13(11)17)21-9-10-5-3-4-6-12(10)16/h3-8H,2,9,17H2,1H3. The molecule has 0 spiro atoms. The highest BCUT2D eigenvalue weighted by Crippen LogP contribution is 2.30. The van der Waals surface area contributed by atoms with Crippen LogP contribution < -0.4 is 5.73 Å². The number of nitrogens with two attached hydrogens (primary N) is 1. The average molecular weight is 323 g/mol. The van der Waals surface area contributed by atoms with E-state index in [2.05, 4.69) is 4.98 Å². The third-order valence-corrected chi connectivity index (χ3v) is 4.19. The molecule has 0 bridgehead atoms. The summed E-state index contributed by atoms with van der Waals surface area (Å²) < 4.78 is 4.97. The minimum Gasteiger partial charge on any atom is -0.462 e. The molecule has 1 heterocycles. The van der Waals surface area contributed by atoms with Gasteiger partial charge in [-0.05, 0) is 24.6 Å². The van der Waals surface area contributed by atoms with Gasteiger partial charge in [0.25, 0.3) is 0 Å². The smallest absolute Gasteiger partial charge is 0.340 e. The first-order chi connectivity index (χ1) is 10.1. The van der Waals surface area contributed by atoms with Crippen molar-refractivity contribution in [2.45, 2.75) is 17.7 Å². The van der Waals surface area contributed by atoms with Crippen molar-refractivity contribution in [2.24, 2.45) is 0 Å². The van der Waals surface area contributed by atoms with Gasteiger partial charge in [-0.2, -0.15) is 0 Å². The fraction of sp³-hybridized carbons (Fsp3) is 0.200. The Kier molecular flexibility index (Phi) is 5.47. The molecule has 0 amide bonds. The molecular formula is C15H15ClN2O2S. The number of esters is 1. The maximum Gasteiger partial charge on any atom is 0.340 e. The summed E-state index contributed by atoms with van der Waals surface area (Å²) in [5, 5.41) is 1.30. The molecule has 0 aliphatic rings. The molecule has 1 aromatic carbocycles. The Morgan fingerprint density at radius 1 is 1.38 bits per heavy atom. The minimum atomic E-state index is -0.433. The van der Waals surface area contributed by atoms with E-state index in [1.165, 1.54) is 11.8 Å². The molecule has 0 saturated heterocycles. The zero-order valence-electron chi connectivity index (χ0n) is 11.5. The van der Waals surface area contributed by atoms with Crippen molar-refractivity contribution in [1.29, 1.82) is 0 Å². The Morgan fingerprint density at radius 2 is 2.14 bits per heavy atom. The van der Waals surface area contributed by atoms with Crippen molar-refractivity contribution in [3.8, 4) is 0 Å². The van der Waals surface area contributed by atoms with E-state index in [9.17, 15) is 4.79 Å². The molecule has 1 aromatic heterocycles. The number of pyridine rings is 1. The molecule has 4 nitrogen and oxygen atoms in total. The van der Waals surface area contributed by atoms with E-state index in [0.717, 1.165) is 5.56 Å². The normalized spacial score (nSPS) is 10.4. The van der Waals surface area contributed by atoms with Crippen LogP contribution in [0.1, 0.15) is 22.8 Å². The molecule has 0 radical (unpaired) electrons. The number of hydrogen-bond donors (Lipinski definition) is 1. The van der Waals surface area contributed by atoms with Crippen molar-refractivity contribution < 1.29 is 9.53 Å². The molecule has 0 saturated carbocycles. The summed E-state index contributed by atoms with van der Waals surface area (Å²) in [6.07, 6.45) is 1.55. The van der Waals surface area contributed by atoms with Gasteiger partial charge in [-0.25, -0.2) is 9.78 Å². The van der Waals surface area contributed by atoms with Crippen LogP contribution in [0.15, 0.2) is 41.6 Å². The number of rotatable bonds is 5. The number of ether oxygens (including phenoxy) is 1. The van der Waals surface area contributed by atoms with Gasteiger partial charge < -0.3 is 10.5 Å². The fourth-order valence-electron chi connectivity index (χ4n) is 1.72. The second-order valence-corrected chi connectivity index (χ2v) is 5.55. The molecule has 0 fully saturated rings. The van der Waals surface area contributed by atoms with E-state index in [1.54, 1.807) is 19.2 Å². The van der Waals surface area contributed by atoms with E-state index in [4.69, 9.17) is 22.1 Å². The monoisotopic (exact) mass is 322 g/mol. The van der Waals surface area contributed by atoms with Crippen molar-refractivity contribution in [3.63, 3.8) is 0 Å². The molecule has 21 heavy (non-hydrogen) atoms. The molecule has 2 rings (SSSR count). The summed E-state index contributed by atoms with van der Waals surface area (Å²) in [7, 11) is 0. The zero-order chi connectivity index (χ0) is 15.2. The number of nitrogen functional groups attached to an aromatic ring is 1. The van der Waals surface area contributed by atoms with Crippen LogP contribution in [-0.4, -0.2) is 17.6 Å². The summed E-state index contributed by atoms with van der Waals surface area (Å²) in [5.41, 5.74) is 7.67. The number of thioether (sulfide) groups is 1. The molecule has 110 valence electrons. The van der Waals surface area contributed by atoms with E-state index in [0.29, 0.717) is 33.7 Å². The molecule has 0 aliphatic carbocycles. The number of nitrogens with zero attached hydrogens (tertiary/aromatic N) is 1. The topological polar surface area (TPSA) is 65.2 Å². The molecule has 2 aromatic rings. The van der Waals surface area contributed by atoms with Gasteiger partial charge in [0.05, 0.1) is 17.9 Å². The Morgan fingerprint density at radius 3 is 2.86 bits per heavy atom. The second-order valence-electron chi connectivity index (χ2n) is 4.18. The van der Waals surface area contributed by atoms with Crippen LogP contribution in [0.4, 0.5) is 5.69 Å². The number of carbonyl (C=O) groups excluding carboxylic acids is 1. The van der Waals surface area contributed by atoms with Crippen molar-refractivity contribution in [1.82, 2.24) is 4.98 Å². The van der Waals surface area contributed by atoms with E-state index in [-0.39, 0.29) is 0 Å². The summed E-state index contributed by atoms with van der Waals surface area (Å²) in [4.78, 5) is 16.0. The molecule has 0 aliphatic heterocycles. The van der Waals surface area contributed by atoms with Gasteiger partial charge >= 0.3 is 5.97 Å². The van der Waals surface area contributed by atoms with Crippen LogP contribution in [0.25, 0.3) is 0 Å². The molecule has 6 heteroatoms. The number of benzene rings is 1. The van der Waals surface area contributed by atoms with Gasteiger partial charge in [-0.15, -0.1) is 0 Å². The van der Waals surface area contributed by atoms with Gasteiger partial charge in [0.2, 0.25) is 0 Å². The molecular weight excluding hydrogens is 308 g/mol. The highest BCUT2D eigenvalue weighted by atomic mass is 35.5. The number of aromatic nitrogens is 1. The Bertz CT molecular complexity index is 649. The first-order valence-electron chi connectivity index (χ1n) is 6.41. The zero-order valence-corrected chi connectivity index (χ0v) is 13.1. The number of carbonyl (C=O) groups is 1. The SMILES string of the molecule is CCOC(=O)c1ccnc(SCc2ccccc2Cl)c1N. The number of halogens is 1. The maximum atomic E-state index is 11.8. The first-order valence-corrected chi connectivity index (χ1v) is 7.77. The van der Waals surface area contributed by atoms with Crippen LogP contribution in [0, 0.1) is 0 Å². The number of anilines is 1. The van der Waals surface area contributed by atoms with Crippen LogP contribution in [0.2, 0.25) is 5.02 Å². The average Bonchev–Trinajstić information content (AvgIpc) is 2.48. The third kappa shape index (κ3) is 3.89. The van der Waals surface area contributed by atoms with E-state index in [1.807, 2.05) is 24.3 Å². The Labute approximate surface area is 132 Å². The molecule has 0 unspecified atom stereocenters. The van der Waals surface area contributed by atoms with Crippen LogP contribution in [-0.2, 0) is 10.5 Å². The van der Waals surface area contributed by atoms with Gasteiger partial charge in [-0.3, -0.25) is 0 Å². The highest BCUT2D eigenvalue weighted by molar-refractivity contribution is 7.98. The Hall–Kier alpha value is -1.72. The molecule has 2 N–H and O–H groups in total. The van der Waals surface area contributed by atoms with Crippen LogP contribution >= 0.6 is 23.4 Å². The lowest BCUT2D eigenvalue weighted by Gasteiger charge is -2.09. The lowest BCUT2D eigenvalue weighted by atomic mass is 10.2. The van der Waals surface area contributed by atoms with Crippen molar-refractivity contribution in [2.75, 3.05) is 12.3 Å². The van der Waals surface area contributed by atoms with Crippen LogP contribution in [0.5, 0.6) is 0 Å². The lowest BCUT2D eigenvalue weighted by Crippen LogP contribution is -2.09.